The minimum Gasteiger partial charge on any atom is -0.457 e. The molecule has 2 aromatic carbocycles. The average molecular weight is 407 g/mol. The molecule has 30 heavy (non-hydrogen) atoms. The molecule has 2 heterocycles. The highest BCUT2D eigenvalue weighted by atomic mass is 16.5. The van der Waals surface area contributed by atoms with Crippen molar-refractivity contribution in [3.8, 4) is 22.8 Å². The fraction of sp³-hybridized carbons (Fsp3) is 0.375. The van der Waals surface area contributed by atoms with Crippen LogP contribution in [0.2, 0.25) is 0 Å². The number of likely N-dealkylation sites (N-methyl/N-ethyl adjacent to an activating group) is 1. The number of benzene rings is 2. The van der Waals surface area contributed by atoms with Gasteiger partial charge in [0.05, 0.1) is 18.9 Å². The summed E-state index contributed by atoms with van der Waals surface area (Å²) in [5, 5.41) is 4.72. The lowest BCUT2D eigenvalue weighted by atomic mass is 10.1. The van der Waals surface area contributed by atoms with Crippen molar-refractivity contribution in [2.24, 2.45) is 7.05 Å². The summed E-state index contributed by atoms with van der Waals surface area (Å²) < 4.78 is 13.2. The van der Waals surface area contributed by atoms with E-state index in [9.17, 15) is 0 Å². The second-order valence-electron chi connectivity index (χ2n) is 7.81. The van der Waals surface area contributed by atoms with E-state index in [1.165, 1.54) is 5.56 Å². The van der Waals surface area contributed by atoms with Gasteiger partial charge < -0.3 is 14.4 Å². The van der Waals surface area contributed by atoms with Gasteiger partial charge in [0.1, 0.15) is 11.5 Å². The van der Waals surface area contributed by atoms with Gasteiger partial charge in [0.25, 0.3) is 0 Å². The Kier molecular flexibility index (Phi) is 6.79. The molecular formula is C24H30N4O2. The Bertz CT molecular complexity index is 918. The Balaban J connectivity index is 1.39. The van der Waals surface area contributed by atoms with Crippen LogP contribution in [-0.4, -0.2) is 66.0 Å². The predicted octanol–water partition coefficient (Wildman–Crippen LogP) is 3.64. The number of hydrogen-bond acceptors (Lipinski definition) is 5. The molecule has 3 aromatic rings. The molecule has 0 N–H and O–H groups in total. The summed E-state index contributed by atoms with van der Waals surface area (Å²) >= 11 is 0. The van der Waals surface area contributed by atoms with Crippen molar-refractivity contribution in [2.75, 3.05) is 46.4 Å². The highest BCUT2D eigenvalue weighted by molar-refractivity contribution is 5.63. The molecule has 6 heteroatoms. The van der Waals surface area contributed by atoms with Crippen LogP contribution in [0.4, 0.5) is 0 Å². The van der Waals surface area contributed by atoms with Crippen LogP contribution in [0.1, 0.15) is 5.56 Å². The molecule has 1 saturated heterocycles. The Hall–Kier alpha value is -2.67. The molecule has 0 atom stereocenters. The lowest BCUT2D eigenvalue weighted by Crippen LogP contribution is -2.40. The van der Waals surface area contributed by atoms with Gasteiger partial charge in [-0.15, -0.1) is 0 Å². The van der Waals surface area contributed by atoms with Gasteiger partial charge in [-0.2, -0.15) is 5.10 Å². The number of nitrogens with zero attached hydrogens (tertiary/aromatic N) is 4. The first-order valence-corrected chi connectivity index (χ1v) is 10.5. The van der Waals surface area contributed by atoms with Gasteiger partial charge in [-0.3, -0.25) is 9.58 Å². The average Bonchev–Trinajstić information content (AvgIpc) is 3.14. The maximum absolute atomic E-state index is 5.91. The lowest BCUT2D eigenvalue weighted by Gasteiger charge is -2.28. The first-order chi connectivity index (χ1) is 14.7. The highest BCUT2D eigenvalue weighted by Crippen LogP contribution is 2.27. The van der Waals surface area contributed by atoms with Crippen LogP contribution in [-0.2, 0) is 18.3 Å². The molecule has 0 spiro atoms. The van der Waals surface area contributed by atoms with E-state index in [2.05, 4.69) is 35.2 Å². The van der Waals surface area contributed by atoms with Gasteiger partial charge in [-0.1, -0.05) is 18.2 Å². The Morgan fingerprint density at radius 3 is 2.43 bits per heavy atom. The summed E-state index contributed by atoms with van der Waals surface area (Å²) in [7, 11) is 4.15. The fourth-order valence-corrected chi connectivity index (χ4v) is 3.71. The third-order valence-corrected chi connectivity index (χ3v) is 5.35. The van der Waals surface area contributed by atoms with E-state index in [1.807, 2.05) is 54.2 Å². The Morgan fingerprint density at radius 2 is 1.70 bits per heavy atom. The van der Waals surface area contributed by atoms with Crippen LogP contribution in [0.15, 0.2) is 60.8 Å². The van der Waals surface area contributed by atoms with Crippen LogP contribution in [0.5, 0.6) is 11.5 Å². The molecule has 4 rings (SSSR count). The first kappa shape index (κ1) is 20.6. The summed E-state index contributed by atoms with van der Waals surface area (Å²) in [6.45, 7) is 6.72. The zero-order valence-corrected chi connectivity index (χ0v) is 17.8. The number of hydrogen-bond donors (Lipinski definition) is 0. The molecule has 1 fully saturated rings. The van der Waals surface area contributed by atoms with E-state index >= 15 is 0 Å². The van der Waals surface area contributed by atoms with Crippen LogP contribution in [0.3, 0.4) is 0 Å². The van der Waals surface area contributed by atoms with Crippen molar-refractivity contribution in [1.29, 1.82) is 0 Å². The molecule has 1 aliphatic rings. The number of aromatic nitrogens is 2. The lowest BCUT2D eigenvalue weighted by molar-refractivity contribution is 0.0342. The number of morpholine rings is 1. The highest BCUT2D eigenvalue weighted by Gasteiger charge is 2.15. The van der Waals surface area contributed by atoms with Crippen molar-refractivity contribution in [3.05, 3.63) is 66.4 Å². The predicted molar refractivity (Wildman–Crippen MR) is 119 cm³/mol. The normalized spacial score (nSPS) is 14.9. The third kappa shape index (κ3) is 5.48. The largest absolute Gasteiger partial charge is 0.457 e. The van der Waals surface area contributed by atoms with E-state index in [1.54, 1.807) is 0 Å². The topological polar surface area (TPSA) is 42.8 Å². The van der Waals surface area contributed by atoms with E-state index in [4.69, 9.17) is 14.6 Å². The van der Waals surface area contributed by atoms with Crippen LogP contribution in [0.25, 0.3) is 11.3 Å². The quantitative estimate of drug-likeness (QED) is 0.571. The molecule has 1 aromatic heterocycles. The van der Waals surface area contributed by atoms with Crippen LogP contribution >= 0.6 is 0 Å². The Morgan fingerprint density at radius 1 is 1.00 bits per heavy atom. The molecule has 0 aliphatic carbocycles. The van der Waals surface area contributed by atoms with E-state index in [0.29, 0.717) is 0 Å². The van der Waals surface area contributed by atoms with Gasteiger partial charge in [0.15, 0.2) is 0 Å². The SMILES string of the molecule is CN(CCN1CCOCC1)Cc1cn(C)nc1-c1ccc(Oc2ccccc2)cc1. The van der Waals surface area contributed by atoms with E-state index in [0.717, 1.165) is 68.7 Å². The molecule has 158 valence electrons. The molecule has 0 amide bonds. The van der Waals surface area contributed by atoms with Crippen molar-refractivity contribution in [1.82, 2.24) is 19.6 Å². The number of aryl methyl sites for hydroxylation is 1. The number of rotatable bonds is 8. The standard InChI is InChI=1S/C24H30N4O2/c1-26(12-13-28-14-16-29-17-15-28)18-21-19-27(2)25-24(21)20-8-10-23(11-9-20)30-22-6-4-3-5-7-22/h3-11,19H,12-18H2,1-2H3. The second kappa shape index (κ2) is 9.89. The van der Waals surface area contributed by atoms with Gasteiger partial charge >= 0.3 is 0 Å². The minimum atomic E-state index is 0.824. The monoisotopic (exact) mass is 406 g/mol. The smallest absolute Gasteiger partial charge is 0.127 e. The second-order valence-corrected chi connectivity index (χ2v) is 7.81. The van der Waals surface area contributed by atoms with Gasteiger partial charge in [0.2, 0.25) is 0 Å². The molecular weight excluding hydrogens is 376 g/mol. The number of para-hydroxylation sites is 1. The summed E-state index contributed by atoms with van der Waals surface area (Å²) in [6, 6.07) is 18.0. The van der Waals surface area contributed by atoms with Crippen LogP contribution < -0.4 is 4.74 Å². The van der Waals surface area contributed by atoms with Crippen LogP contribution in [0, 0.1) is 0 Å². The van der Waals surface area contributed by atoms with Crippen molar-refractivity contribution in [3.63, 3.8) is 0 Å². The van der Waals surface area contributed by atoms with Gasteiger partial charge in [-0.05, 0) is 43.4 Å². The first-order valence-electron chi connectivity index (χ1n) is 10.5. The minimum absolute atomic E-state index is 0.824. The summed E-state index contributed by atoms with van der Waals surface area (Å²) in [5.41, 5.74) is 3.37. The van der Waals surface area contributed by atoms with E-state index < -0.39 is 0 Å². The molecule has 6 nitrogen and oxygen atoms in total. The summed E-state index contributed by atoms with van der Waals surface area (Å²) in [6.07, 6.45) is 2.12. The number of ether oxygens (including phenoxy) is 2. The zero-order chi connectivity index (χ0) is 20.8. The summed E-state index contributed by atoms with van der Waals surface area (Å²) in [5.74, 6) is 1.66. The van der Waals surface area contributed by atoms with Crippen molar-refractivity contribution in [2.45, 2.75) is 6.54 Å². The maximum atomic E-state index is 5.91. The zero-order valence-electron chi connectivity index (χ0n) is 17.8. The fourth-order valence-electron chi connectivity index (χ4n) is 3.71. The maximum Gasteiger partial charge on any atom is 0.127 e. The van der Waals surface area contributed by atoms with Crippen molar-refractivity contribution >= 4 is 0 Å². The van der Waals surface area contributed by atoms with E-state index in [-0.39, 0.29) is 0 Å². The summed E-state index contributed by atoms with van der Waals surface area (Å²) in [4.78, 5) is 4.83. The van der Waals surface area contributed by atoms with Crippen molar-refractivity contribution < 1.29 is 9.47 Å². The van der Waals surface area contributed by atoms with Gasteiger partial charge in [0, 0.05) is 57.1 Å². The molecule has 0 bridgehead atoms. The molecule has 1 aliphatic heterocycles. The van der Waals surface area contributed by atoms with Gasteiger partial charge in [-0.25, -0.2) is 0 Å². The Labute approximate surface area is 178 Å². The third-order valence-electron chi connectivity index (χ3n) is 5.35. The molecule has 0 radical (unpaired) electrons. The molecule has 0 saturated carbocycles. The molecule has 0 unspecified atom stereocenters.